The first kappa shape index (κ1) is 11.9. The van der Waals surface area contributed by atoms with Gasteiger partial charge in [-0.1, -0.05) is 0 Å². The molecule has 0 unspecified atom stereocenters. The highest BCUT2D eigenvalue weighted by Gasteiger charge is 2.28. The lowest BCUT2D eigenvalue weighted by atomic mass is 10.1. The predicted molar refractivity (Wildman–Crippen MR) is 66.2 cm³/mol. The molecule has 3 saturated heterocycles. The molecule has 0 amide bonds. The summed E-state index contributed by atoms with van der Waals surface area (Å²) in [7, 11) is 0. The lowest BCUT2D eigenvalue weighted by molar-refractivity contribution is 0.0747. The van der Waals surface area contributed by atoms with E-state index < -0.39 is 0 Å². The molecule has 0 aromatic heterocycles. The molecule has 0 radical (unpaired) electrons. The lowest BCUT2D eigenvalue weighted by Gasteiger charge is -2.38. The van der Waals surface area contributed by atoms with Crippen molar-refractivity contribution in [2.75, 3.05) is 59.2 Å². The highest BCUT2D eigenvalue weighted by molar-refractivity contribution is 4.82. The maximum atomic E-state index is 5.47. The Balaban J connectivity index is 1.40. The molecule has 0 saturated carbocycles. The van der Waals surface area contributed by atoms with Crippen LogP contribution in [-0.2, 0) is 9.47 Å². The molecular weight excluding hydrogens is 216 g/mol. The molecule has 4 heteroatoms. The lowest BCUT2D eigenvalue weighted by Crippen LogP contribution is -2.51. The monoisotopic (exact) mass is 240 g/mol. The van der Waals surface area contributed by atoms with Crippen LogP contribution in [-0.4, -0.2) is 75.0 Å². The largest absolute Gasteiger partial charge is 0.381 e. The highest BCUT2D eigenvalue weighted by Crippen LogP contribution is 2.18. The first-order valence-electron chi connectivity index (χ1n) is 7.04. The molecule has 0 spiro atoms. The van der Waals surface area contributed by atoms with Gasteiger partial charge in [0.2, 0.25) is 0 Å². The van der Waals surface area contributed by atoms with Crippen molar-refractivity contribution in [2.24, 2.45) is 5.92 Å². The number of piperazine rings is 1. The molecule has 17 heavy (non-hydrogen) atoms. The van der Waals surface area contributed by atoms with Crippen LogP contribution in [0.25, 0.3) is 0 Å². The van der Waals surface area contributed by atoms with Crippen molar-refractivity contribution in [1.82, 2.24) is 9.80 Å². The second kappa shape index (κ2) is 5.65. The molecule has 0 bridgehead atoms. The third-order valence-corrected chi connectivity index (χ3v) is 4.37. The summed E-state index contributed by atoms with van der Waals surface area (Å²) >= 11 is 0. The van der Waals surface area contributed by atoms with Gasteiger partial charge in [0.15, 0.2) is 0 Å². The Labute approximate surface area is 104 Å². The average Bonchev–Trinajstić information content (AvgIpc) is 3.01. The molecule has 0 aliphatic carbocycles. The molecule has 4 nitrogen and oxygen atoms in total. The van der Waals surface area contributed by atoms with Gasteiger partial charge in [-0.05, 0) is 18.8 Å². The molecule has 3 aliphatic heterocycles. The van der Waals surface area contributed by atoms with Crippen LogP contribution < -0.4 is 0 Å². The Bertz CT molecular complexity index is 230. The van der Waals surface area contributed by atoms with Crippen molar-refractivity contribution >= 4 is 0 Å². The van der Waals surface area contributed by atoms with E-state index in [1.54, 1.807) is 0 Å². The van der Waals surface area contributed by atoms with Crippen LogP contribution >= 0.6 is 0 Å². The van der Waals surface area contributed by atoms with Gasteiger partial charge in [0.1, 0.15) is 0 Å². The van der Waals surface area contributed by atoms with Crippen LogP contribution in [0.1, 0.15) is 12.8 Å². The second-order valence-electron chi connectivity index (χ2n) is 5.58. The minimum atomic E-state index is 0.701. The second-order valence-corrected chi connectivity index (χ2v) is 5.58. The molecule has 3 rings (SSSR count). The summed E-state index contributed by atoms with van der Waals surface area (Å²) in [5.41, 5.74) is 0. The van der Waals surface area contributed by atoms with Crippen molar-refractivity contribution < 1.29 is 9.47 Å². The summed E-state index contributed by atoms with van der Waals surface area (Å²) < 4.78 is 10.9. The summed E-state index contributed by atoms with van der Waals surface area (Å²) in [6, 6.07) is 0.701. The van der Waals surface area contributed by atoms with Crippen LogP contribution in [0.3, 0.4) is 0 Å². The molecule has 3 aliphatic rings. The normalized spacial score (nSPS) is 36.7. The van der Waals surface area contributed by atoms with E-state index in [1.165, 1.54) is 45.6 Å². The van der Waals surface area contributed by atoms with E-state index in [0.717, 1.165) is 32.3 Å². The van der Waals surface area contributed by atoms with E-state index in [0.29, 0.717) is 6.04 Å². The van der Waals surface area contributed by atoms with Gasteiger partial charge in [0.25, 0.3) is 0 Å². The molecule has 0 aromatic rings. The third-order valence-electron chi connectivity index (χ3n) is 4.37. The number of hydrogen-bond acceptors (Lipinski definition) is 4. The first-order chi connectivity index (χ1) is 8.42. The summed E-state index contributed by atoms with van der Waals surface area (Å²) in [5, 5.41) is 0. The van der Waals surface area contributed by atoms with Crippen LogP contribution in [0.15, 0.2) is 0 Å². The smallest absolute Gasteiger partial charge is 0.0622 e. The molecule has 3 heterocycles. The van der Waals surface area contributed by atoms with Crippen molar-refractivity contribution in [3.05, 3.63) is 0 Å². The van der Waals surface area contributed by atoms with Gasteiger partial charge >= 0.3 is 0 Å². The summed E-state index contributed by atoms with van der Waals surface area (Å²) in [6.07, 6.45) is 2.49. The fourth-order valence-electron chi connectivity index (χ4n) is 3.21. The topological polar surface area (TPSA) is 24.9 Å². The molecule has 98 valence electrons. The molecule has 2 atom stereocenters. The Morgan fingerprint density at radius 2 is 1.65 bits per heavy atom. The van der Waals surface area contributed by atoms with Gasteiger partial charge in [0, 0.05) is 52.0 Å². The van der Waals surface area contributed by atoms with Gasteiger partial charge in [-0.15, -0.1) is 0 Å². The summed E-state index contributed by atoms with van der Waals surface area (Å²) in [4.78, 5) is 5.24. The molecule has 3 fully saturated rings. The maximum Gasteiger partial charge on any atom is 0.0622 e. The van der Waals surface area contributed by atoms with Gasteiger partial charge < -0.3 is 14.4 Å². The van der Waals surface area contributed by atoms with Gasteiger partial charge in [-0.25, -0.2) is 0 Å². The zero-order chi connectivity index (χ0) is 11.5. The van der Waals surface area contributed by atoms with E-state index in [-0.39, 0.29) is 0 Å². The van der Waals surface area contributed by atoms with Crippen LogP contribution in [0.2, 0.25) is 0 Å². The quantitative estimate of drug-likeness (QED) is 0.714. The summed E-state index contributed by atoms with van der Waals surface area (Å²) in [5.74, 6) is 0.788. The number of nitrogens with zero attached hydrogens (tertiary/aromatic N) is 2. The van der Waals surface area contributed by atoms with Crippen LogP contribution in [0.4, 0.5) is 0 Å². The zero-order valence-electron chi connectivity index (χ0n) is 10.6. The van der Waals surface area contributed by atoms with Gasteiger partial charge in [0.05, 0.1) is 13.2 Å². The minimum absolute atomic E-state index is 0.701. The Morgan fingerprint density at radius 1 is 0.882 bits per heavy atom. The highest BCUT2D eigenvalue weighted by atomic mass is 16.5. The van der Waals surface area contributed by atoms with Crippen LogP contribution in [0, 0.1) is 5.92 Å². The van der Waals surface area contributed by atoms with E-state index in [1.807, 2.05) is 0 Å². The molecule has 0 N–H and O–H groups in total. The van der Waals surface area contributed by atoms with Gasteiger partial charge in [-0.2, -0.15) is 0 Å². The van der Waals surface area contributed by atoms with E-state index in [2.05, 4.69) is 9.80 Å². The maximum absolute atomic E-state index is 5.47. The number of ether oxygens (including phenoxy) is 2. The Kier molecular flexibility index (Phi) is 3.96. The van der Waals surface area contributed by atoms with Crippen molar-refractivity contribution in [1.29, 1.82) is 0 Å². The molecular formula is C13H24N2O2. The average molecular weight is 240 g/mol. The summed E-state index contributed by atoms with van der Waals surface area (Å²) in [6.45, 7) is 10.0. The van der Waals surface area contributed by atoms with E-state index in [9.17, 15) is 0 Å². The van der Waals surface area contributed by atoms with E-state index >= 15 is 0 Å². The fourth-order valence-corrected chi connectivity index (χ4v) is 3.21. The van der Waals surface area contributed by atoms with Crippen molar-refractivity contribution in [3.63, 3.8) is 0 Å². The number of hydrogen-bond donors (Lipinski definition) is 0. The van der Waals surface area contributed by atoms with Crippen LogP contribution in [0.5, 0.6) is 0 Å². The molecule has 0 aromatic carbocycles. The standard InChI is InChI=1S/C13H24N2O2/c1-7-16-10-12(1)9-14-3-5-15(6-4-14)13-2-8-17-11-13/h12-13H,1-11H2/t12-,13+/m0/s1. The predicted octanol–water partition coefficient (Wildman–Crippen LogP) is 0.429. The fraction of sp³-hybridized carbons (Fsp3) is 1.00. The minimum Gasteiger partial charge on any atom is -0.381 e. The Morgan fingerprint density at radius 3 is 2.29 bits per heavy atom. The third kappa shape index (κ3) is 2.99. The first-order valence-corrected chi connectivity index (χ1v) is 7.04. The van der Waals surface area contributed by atoms with Gasteiger partial charge in [-0.3, -0.25) is 4.90 Å². The van der Waals surface area contributed by atoms with Crippen molar-refractivity contribution in [2.45, 2.75) is 18.9 Å². The Hall–Kier alpha value is -0.160. The SMILES string of the molecule is C1C[C@@H](CN2CCN([C@@H]3CCOC3)CC2)CO1. The van der Waals surface area contributed by atoms with E-state index in [4.69, 9.17) is 9.47 Å². The zero-order valence-corrected chi connectivity index (χ0v) is 10.6. The number of rotatable bonds is 3. The van der Waals surface area contributed by atoms with Crippen molar-refractivity contribution in [3.8, 4) is 0 Å².